The predicted octanol–water partition coefficient (Wildman–Crippen LogP) is 5.27. The Morgan fingerprint density at radius 1 is 1.10 bits per heavy atom. The molecule has 0 amide bonds. The normalized spacial score (nSPS) is 12.2. The van der Waals surface area contributed by atoms with Crippen molar-refractivity contribution in [2.75, 3.05) is 7.11 Å². The molecule has 106 valence electrons. The van der Waals surface area contributed by atoms with E-state index in [4.69, 9.17) is 4.74 Å². The maximum Gasteiger partial charge on any atom is 0.165 e. The van der Waals surface area contributed by atoms with Gasteiger partial charge >= 0.3 is 0 Å². The number of hydrogen-bond acceptors (Lipinski definition) is 1. The van der Waals surface area contributed by atoms with Gasteiger partial charge in [-0.05, 0) is 35.2 Å². The molecule has 0 N–H and O–H groups in total. The summed E-state index contributed by atoms with van der Waals surface area (Å²) in [4.78, 5) is -0.0152. The van der Waals surface area contributed by atoms with E-state index in [1.54, 1.807) is 6.07 Å². The predicted molar refractivity (Wildman–Crippen MR) is 84.2 cm³/mol. The fourth-order valence-corrected chi connectivity index (χ4v) is 2.76. The average Bonchev–Trinajstić information content (AvgIpc) is 2.47. The molecule has 0 heterocycles. The second-order valence-corrected chi connectivity index (χ2v) is 5.66. The fourth-order valence-electron chi connectivity index (χ4n) is 2.17. The minimum absolute atomic E-state index is 0.0152. The van der Waals surface area contributed by atoms with E-state index in [-0.39, 0.29) is 16.4 Å². The summed E-state index contributed by atoms with van der Waals surface area (Å²) in [6, 6.07) is 13.5. The molecule has 0 aliphatic rings. The number of methoxy groups -OCH3 is 1. The molecule has 1 nitrogen and oxygen atoms in total. The van der Waals surface area contributed by atoms with Crippen LogP contribution < -0.4 is 4.74 Å². The van der Waals surface area contributed by atoms with Crippen molar-refractivity contribution in [3.8, 4) is 5.75 Å². The summed E-state index contributed by atoms with van der Waals surface area (Å²) in [5.41, 5.74) is 3.33. The molecule has 0 aromatic heterocycles. The summed E-state index contributed by atoms with van der Waals surface area (Å²) >= 11 is 3.63. The van der Waals surface area contributed by atoms with Gasteiger partial charge in [0.25, 0.3) is 0 Å². The van der Waals surface area contributed by atoms with Gasteiger partial charge < -0.3 is 4.74 Å². The number of halogens is 2. The minimum Gasteiger partial charge on any atom is -0.494 e. The molecule has 1 unspecified atom stereocenters. The fraction of sp³-hybridized carbons (Fsp3) is 0.294. The number of ether oxygens (including phenoxy) is 1. The van der Waals surface area contributed by atoms with Crippen molar-refractivity contribution in [1.82, 2.24) is 0 Å². The van der Waals surface area contributed by atoms with Crippen LogP contribution in [0.5, 0.6) is 5.75 Å². The van der Waals surface area contributed by atoms with Gasteiger partial charge in [-0.1, -0.05) is 59.6 Å². The smallest absolute Gasteiger partial charge is 0.165 e. The zero-order valence-electron chi connectivity index (χ0n) is 11.7. The lowest BCUT2D eigenvalue weighted by atomic mass is 10.0. The second kappa shape index (κ2) is 6.89. The van der Waals surface area contributed by atoms with Gasteiger partial charge in [-0.25, -0.2) is 4.39 Å². The molecule has 2 aromatic carbocycles. The third kappa shape index (κ3) is 3.40. The van der Waals surface area contributed by atoms with Crippen molar-refractivity contribution in [1.29, 1.82) is 0 Å². The number of rotatable bonds is 5. The lowest BCUT2D eigenvalue weighted by Gasteiger charge is -2.12. The Kier molecular flexibility index (Phi) is 5.18. The molecule has 20 heavy (non-hydrogen) atoms. The van der Waals surface area contributed by atoms with Gasteiger partial charge in [0.15, 0.2) is 11.6 Å². The Morgan fingerprint density at radius 2 is 1.75 bits per heavy atom. The first-order valence-electron chi connectivity index (χ1n) is 6.72. The minimum atomic E-state index is -0.336. The summed E-state index contributed by atoms with van der Waals surface area (Å²) in [5.74, 6) is -0.0659. The van der Waals surface area contributed by atoms with E-state index in [1.165, 1.54) is 18.7 Å². The maximum absolute atomic E-state index is 13.7. The third-order valence-corrected chi connectivity index (χ3v) is 4.34. The van der Waals surface area contributed by atoms with Crippen LogP contribution in [0.25, 0.3) is 0 Å². The molecule has 2 aromatic rings. The Morgan fingerprint density at radius 3 is 2.30 bits per heavy atom. The number of aryl methyl sites for hydroxylation is 1. The second-order valence-electron chi connectivity index (χ2n) is 4.75. The van der Waals surface area contributed by atoms with Crippen molar-refractivity contribution in [2.24, 2.45) is 0 Å². The highest BCUT2D eigenvalue weighted by molar-refractivity contribution is 9.09. The first-order chi connectivity index (χ1) is 9.65. The van der Waals surface area contributed by atoms with Gasteiger partial charge in [0.1, 0.15) is 0 Å². The highest BCUT2D eigenvalue weighted by Crippen LogP contribution is 2.33. The van der Waals surface area contributed by atoms with Gasteiger partial charge in [-0.15, -0.1) is 0 Å². The molecular weight excluding hydrogens is 319 g/mol. The molecule has 2 rings (SSSR count). The van der Waals surface area contributed by atoms with Crippen LogP contribution >= 0.6 is 15.9 Å². The summed E-state index contributed by atoms with van der Waals surface area (Å²) in [6.45, 7) is 2.17. The Bertz CT molecular complexity index is 566. The zero-order chi connectivity index (χ0) is 14.5. The SMILES string of the molecule is CCCc1ccc(C(Br)c2ccc(OC)c(F)c2)cc1. The van der Waals surface area contributed by atoms with E-state index in [0.717, 1.165) is 24.0 Å². The first-order valence-corrected chi connectivity index (χ1v) is 7.63. The van der Waals surface area contributed by atoms with Crippen LogP contribution in [0.2, 0.25) is 0 Å². The van der Waals surface area contributed by atoms with Crippen molar-refractivity contribution < 1.29 is 9.13 Å². The van der Waals surface area contributed by atoms with E-state index in [0.29, 0.717) is 0 Å². The Balaban J connectivity index is 2.21. The van der Waals surface area contributed by atoms with E-state index in [1.807, 2.05) is 6.07 Å². The van der Waals surface area contributed by atoms with E-state index >= 15 is 0 Å². The van der Waals surface area contributed by atoms with Crippen molar-refractivity contribution in [3.63, 3.8) is 0 Å². The van der Waals surface area contributed by atoms with E-state index in [9.17, 15) is 4.39 Å². The highest BCUT2D eigenvalue weighted by atomic mass is 79.9. The quantitative estimate of drug-likeness (QED) is 0.675. The number of hydrogen-bond donors (Lipinski definition) is 0. The molecule has 0 spiro atoms. The lowest BCUT2D eigenvalue weighted by Crippen LogP contribution is -1.96. The molecular formula is C17H18BrFO. The number of alkyl halides is 1. The van der Waals surface area contributed by atoms with Crippen LogP contribution in [0.1, 0.15) is 34.9 Å². The van der Waals surface area contributed by atoms with Crippen LogP contribution in [0, 0.1) is 5.82 Å². The van der Waals surface area contributed by atoms with Crippen LogP contribution in [0.4, 0.5) is 4.39 Å². The topological polar surface area (TPSA) is 9.23 Å². The third-order valence-electron chi connectivity index (χ3n) is 3.28. The van der Waals surface area contributed by atoms with Gasteiger partial charge in [0.2, 0.25) is 0 Å². The molecule has 1 atom stereocenters. The van der Waals surface area contributed by atoms with Gasteiger partial charge in [0, 0.05) is 0 Å². The molecule has 0 fully saturated rings. The summed E-state index contributed by atoms with van der Waals surface area (Å²) < 4.78 is 18.7. The molecule has 0 bridgehead atoms. The van der Waals surface area contributed by atoms with Crippen LogP contribution in [-0.4, -0.2) is 7.11 Å². The van der Waals surface area contributed by atoms with Crippen LogP contribution in [-0.2, 0) is 6.42 Å². The molecule has 0 aliphatic carbocycles. The first kappa shape index (κ1) is 15.0. The summed E-state index contributed by atoms with van der Waals surface area (Å²) in [6.07, 6.45) is 2.23. The molecule has 0 saturated heterocycles. The Labute approximate surface area is 127 Å². The van der Waals surface area contributed by atoms with Gasteiger partial charge in [-0.2, -0.15) is 0 Å². The van der Waals surface area contributed by atoms with E-state index < -0.39 is 0 Å². The summed E-state index contributed by atoms with van der Waals surface area (Å²) in [5, 5.41) is 0. The Hall–Kier alpha value is -1.35. The van der Waals surface area contributed by atoms with Crippen molar-refractivity contribution >= 4 is 15.9 Å². The molecule has 0 radical (unpaired) electrons. The van der Waals surface area contributed by atoms with Gasteiger partial charge in [-0.3, -0.25) is 0 Å². The van der Waals surface area contributed by atoms with Crippen LogP contribution in [0.3, 0.4) is 0 Å². The summed E-state index contributed by atoms with van der Waals surface area (Å²) in [7, 11) is 1.47. The largest absolute Gasteiger partial charge is 0.494 e. The van der Waals surface area contributed by atoms with E-state index in [2.05, 4.69) is 47.1 Å². The monoisotopic (exact) mass is 336 g/mol. The highest BCUT2D eigenvalue weighted by Gasteiger charge is 2.13. The van der Waals surface area contributed by atoms with Crippen LogP contribution in [0.15, 0.2) is 42.5 Å². The maximum atomic E-state index is 13.7. The van der Waals surface area contributed by atoms with Gasteiger partial charge in [0.05, 0.1) is 11.9 Å². The average molecular weight is 337 g/mol. The standard InChI is InChI=1S/C17H18BrFO/c1-3-4-12-5-7-13(8-6-12)17(18)14-9-10-16(20-2)15(19)11-14/h5-11,17H,3-4H2,1-2H3. The van der Waals surface area contributed by atoms with Crippen molar-refractivity contribution in [3.05, 3.63) is 65.0 Å². The number of benzene rings is 2. The molecule has 3 heteroatoms. The molecule has 0 aliphatic heterocycles. The molecule has 0 saturated carbocycles. The zero-order valence-corrected chi connectivity index (χ0v) is 13.3. The van der Waals surface area contributed by atoms with Crippen molar-refractivity contribution in [2.45, 2.75) is 24.6 Å². The lowest BCUT2D eigenvalue weighted by molar-refractivity contribution is 0.386.